The Balaban J connectivity index is 1.45. The number of hydrogen-bond acceptors (Lipinski definition) is 3. The van der Waals surface area contributed by atoms with Crippen molar-refractivity contribution >= 4 is 5.91 Å². The summed E-state index contributed by atoms with van der Waals surface area (Å²) in [4.78, 5) is 15.2. The molecule has 1 unspecified atom stereocenters. The zero-order valence-electron chi connectivity index (χ0n) is 16.3. The van der Waals surface area contributed by atoms with Crippen LogP contribution in [0.15, 0.2) is 71.6 Å². The van der Waals surface area contributed by atoms with Crippen molar-refractivity contribution in [3.05, 3.63) is 78.5 Å². The molecule has 1 aliphatic rings. The van der Waals surface area contributed by atoms with Gasteiger partial charge in [0.1, 0.15) is 5.76 Å². The van der Waals surface area contributed by atoms with Gasteiger partial charge in [-0.1, -0.05) is 13.0 Å². The van der Waals surface area contributed by atoms with E-state index in [4.69, 9.17) is 4.42 Å². The average Bonchev–Trinajstić information content (AvgIpc) is 3.44. The summed E-state index contributed by atoms with van der Waals surface area (Å²) < 4.78 is 7.68. The van der Waals surface area contributed by atoms with E-state index in [1.807, 2.05) is 65.5 Å². The number of nitrogens with one attached hydrogen (secondary N) is 1. The molecule has 0 aliphatic carbocycles. The molecule has 4 rings (SSSR count). The lowest BCUT2D eigenvalue weighted by Gasteiger charge is -2.35. The van der Waals surface area contributed by atoms with Gasteiger partial charge in [-0.2, -0.15) is 0 Å². The number of rotatable bonds is 6. The molecule has 1 saturated heterocycles. The summed E-state index contributed by atoms with van der Waals surface area (Å²) >= 11 is 0. The van der Waals surface area contributed by atoms with Gasteiger partial charge in [0.25, 0.3) is 5.91 Å². The summed E-state index contributed by atoms with van der Waals surface area (Å²) in [5.41, 5.74) is 1.64. The van der Waals surface area contributed by atoms with Crippen LogP contribution in [0, 0.1) is 5.92 Å². The van der Waals surface area contributed by atoms with Crippen LogP contribution in [0.25, 0.3) is 5.69 Å². The van der Waals surface area contributed by atoms with E-state index in [-0.39, 0.29) is 11.9 Å². The molecule has 0 saturated carbocycles. The van der Waals surface area contributed by atoms with Gasteiger partial charge in [-0.05, 0) is 74.3 Å². The molecule has 5 heteroatoms. The SMILES string of the molecule is CC1CCN(C(CNC(=O)c2cccc(-n3cccc3)c2)c2ccco2)CC1. The van der Waals surface area contributed by atoms with Crippen LogP contribution in [-0.4, -0.2) is 35.0 Å². The second-order valence-corrected chi connectivity index (χ2v) is 7.60. The van der Waals surface area contributed by atoms with Crippen LogP contribution < -0.4 is 5.32 Å². The summed E-state index contributed by atoms with van der Waals surface area (Å²) in [6, 6.07) is 15.6. The molecule has 2 aromatic heterocycles. The summed E-state index contributed by atoms with van der Waals surface area (Å²) in [6.45, 7) is 4.91. The molecule has 0 bridgehead atoms. The van der Waals surface area contributed by atoms with Crippen LogP contribution in [-0.2, 0) is 0 Å². The first-order valence-electron chi connectivity index (χ1n) is 10.00. The number of nitrogens with zero attached hydrogens (tertiary/aromatic N) is 2. The van der Waals surface area contributed by atoms with Crippen molar-refractivity contribution in [1.29, 1.82) is 0 Å². The highest BCUT2D eigenvalue weighted by Crippen LogP contribution is 2.26. The maximum absolute atomic E-state index is 12.8. The van der Waals surface area contributed by atoms with E-state index in [1.165, 1.54) is 12.8 Å². The number of amides is 1. The number of furan rings is 1. The van der Waals surface area contributed by atoms with Crippen LogP contribution in [0.3, 0.4) is 0 Å². The minimum absolute atomic E-state index is 0.0593. The van der Waals surface area contributed by atoms with Crippen molar-refractivity contribution in [2.24, 2.45) is 5.92 Å². The second kappa shape index (κ2) is 8.48. The highest BCUT2D eigenvalue weighted by molar-refractivity contribution is 5.94. The highest BCUT2D eigenvalue weighted by atomic mass is 16.3. The molecule has 3 aromatic rings. The Morgan fingerprint density at radius 3 is 2.64 bits per heavy atom. The minimum Gasteiger partial charge on any atom is -0.468 e. The van der Waals surface area contributed by atoms with Gasteiger partial charge in [0.15, 0.2) is 0 Å². The Morgan fingerprint density at radius 2 is 1.93 bits per heavy atom. The molecule has 28 heavy (non-hydrogen) atoms. The number of carbonyl (C=O) groups excluding carboxylic acids is 1. The minimum atomic E-state index is -0.0593. The van der Waals surface area contributed by atoms with Crippen LogP contribution in [0.2, 0.25) is 0 Å². The Labute approximate surface area is 166 Å². The summed E-state index contributed by atoms with van der Waals surface area (Å²) in [7, 11) is 0. The van der Waals surface area contributed by atoms with Gasteiger partial charge in [-0.3, -0.25) is 9.69 Å². The predicted octanol–water partition coefficient (Wildman–Crippen LogP) is 4.27. The molecule has 0 spiro atoms. The van der Waals surface area contributed by atoms with Crippen molar-refractivity contribution < 1.29 is 9.21 Å². The molecule has 1 N–H and O–H groups in total. The summed E-state index contributed by atoms with van der Waals surface area (Å²) in [5, 5.41) is 3.12. The Hall–Kier alpha value is -2.79. The third-order valence-electron chi connectivity index (χ3n) is 5.60. The fourth-order valence-electron chi connectivity index (χ4n) is 3.84. The van der Waals surface area contributed by atoms with Gasteiger partial charge >= 0.3 is 0 Å². The van der Waals surface area contributed by atoms with E-state index in [1.54, 1.807) is 6.26 Å². The van der Waals surface area contributed by atoms with Gasteiger partial charge in [-0.25, -0.2) is 0 Å². The number of carbonyl (C=O) groups is 1. The van der Waals surface area contributed by atoms with E-state index in [9.17, 15) is 4.79 Å². The van der Waals surface area contributed by atoms with Gasteiger partial charge in [0, 0.05) is 30.2 Å². The van der Waals surface area contributed by atoms with Crippen molar-refractivity contribution in [2.45, 2.75) is 25.8 Å². The zero-order valence-corrected chi connectivity index (χ0v) is 16.3. The van der Waals surface area contributed by atoms with E-state index < -0.39 is 0 Å². The topological polar surface area (TPSA) is 50.4 Å². The molecule has 1 atom stereocenters. The van der Waals surface area contributed by atoms with Crippen LogP contribution in [0.5, 0.6) is 0 Å². The molecular weight excluding hydrogens is 350 g/mol. The lowest BCUT2D eigenvalue weighted by atomic mass is 9.97. The first kappa shape index (κ1) is 18.6. The Bertz CT molecular complexity index is 878. The number of aromatic nitrogens is 1. The molecule has 0 radical (unpaired) electrons. The maximum Gasteiger partial charge on any atom is 0.251 e. The first-order chi connectivity index (χ1) is 13.7. The normalized spacial score (nSPS) is 16.8. The standard InChI is InChI=1S/C23H27N3O2/c1-18-9-13-26(14-10-18)21(22-8-5-15-28-22)17-24-23(27)19-6-4-7-20(16-19)25-11-2-3-12-25/h2-8,11-12,15-16,18,21H,9-10,13-14,17H2,1H3,(H,24,27). The fourth-order valence-corrected chi connectivity index (χ4v) is 3.84. The summed E-state index contributed by atoms with van der Waals surface area (Å²) in [5.74, 6) is 1.62. The monoisotopic (exact) mass is 377 g/mol. The maximum atomic E-state index is 12.8. The molecule has 3 heterocycles. The van der Waals surface area contributed by atoms with Gasteiger partial charge < -0.3 is 14.3 Å². The molecule has 5 nitrogen and oxygen atoms in total. The molecule has 146 valence electrons. The lowest BCUT2D eigenvalue weighted by Crippen LogP contribution is -2.41. The molecular formula is C23H27N3O2. The quantitative estimate of drug-likeness (QED) is 0.698. The van der Waals surface area contributed by atoms with Crippen molar-refractivity contribution in [2.75, 3.05) is 19.6 Å². The fraction of sp³-hybridized carbons (Fsp3) is 0.348. The van der Waals surface area contributed by atoms with Crippen molar-refractivity contribution in [3.8, 4) is 5.69 Å². The number of likely N-dealkylation sites (tertiary alicyclic amines) is 1. The first-order valence-corrected chi connectivity index (χ1v) is 10.00. The second-order valence-electron chi connectivity index (χ2n) is 7.60. The Kier molecular flexibility index (Phi) is 5.63. The van der Waals surface area contributed by atoms with Crippen molar-refractivity contribution in [3.63, 3.8) is 0 Å². The van der Waals surface area contributed by atoms with Gasteiger partial charge in [-0.15, -0.1) is 0 Å². The van der Waals surface area contributed by atoms with Gasteiger partial charge in [0.2, 0.25) is 0 Å². The van der Waals surface area contributed by atoms with E-state index in [0.717, 1.165) is 30.5 Å². The molecule has 1 aliphatic heterocycles. The largest absolute Gasteiger partial charge is 0.468 e. The van der Waals surface area contributed by atoms with E-state index >= 15 is 0 Å². The third-order valence-corrected chi connectivity index (χ3v) is 5.60. The number of benzene rings is 1. The number of hydrogen-bond donors (Lipinski definition) is 1. The van der Waals surface area contributed by atoms with E-state index in [2.05, 4.69) is 17.1 Å². The Morgan fingerprint density at radius 1 is 1.14 bits per heavy atom. The lowest BCUT2D eigenvalue weighted by molar-refractivity contribution is 0.0895. The zero-order chi connectivity index (χ0) is 19.3. The van der Waals surface area contributed by atoms with Crippen LogP contribution >= 0.6 is 0 Å². The average molecular weight is 377 g/mol. The van der Waals surface area contributed by atoms with Gasteiger partial charge in [0.05, 0.1) is 12.3 Å². The van der Waals surface area contributed by atoms with E-state index in [0.29, 0.717) is 12.1 Å². The highest BCUT2D eigenvalue weighted by Gasteiger charge is 2.27. The summed E-state index contributed by atoms with van der Waals surface area (Å²) in [6.07, 6.45) is 8.02. The van der Waals surface area contributed by atoms with Crippen LogP contribution in [0.1, 0.15) is 41.9 Å². The molecule has 1 fully saturated rings. The predicted molar refractivity (Wildman–Crippen MR) is 110 cm³/mol. The third kappa shape index (κ3) is 4.20. The molecule has 1 aromatic carbocycles. The molecule has 1 amide bonds. The number of piperidine rings is 1. The van der Waals surface area contributed by atoms with Crippen LogP contribution in [0.4, 0.5) is 0 Å². The van der Waals surface area contributed by atoms with Crippen molar-refractivity contribution in [1.82, 2.24) is 14.8 Å². The smallest absolute Gasteiger partial charge is 0.251 e.